The van der Waals surface area contributed by atoms with Gasteiger partial charge in [0, 0.05) is 35.9 Å². The van der Waals surface area contributed by atoms with Gasteiger partial charge in [0.15, 0.2) is 0 Å². The molecule has 0 saturated carbocycles. The van der Waals surface area contributed by atoms with E-state index in [-0.39, 0.29) is 24.3 Å². The quantitative estimate of drug-likeness (QED) is 0.425. The van der Waals surface area contributed by atoms with Gasteiger partial charge in [-0.1, -0.05) is 48.0 Å². The van der Waals surface area contributed by atoms with E-state index in [2.05, 4.69) is 16.5 Å². The van der Waals surface area contributed by atoms with Crippen LogP contribution in [0.2, 0.25) is 0 Å². The Kier molecular flexibility index (Phi) is 6.27. The van der Waals surface area contributed by atoms with Crippen molar-refractivity contribution in [1.82, 2.24) is 15.1 Å². The Labute approximate surface area is 202 Å². The summed E-state index contributed by atoms with van der Waals surface area (Å²) in [5, 5.41) is 9.39. The number of aryl methyl sites for hydroxylation is 1. The minimum atomic E-state index is -0.453. The van der Waals surface area contributed by atoms with Crippen LogP contribution in [0.15, 0.2) is 84.5 Å². The smallest absolute Gasteiger partial charge is 0.228 e. The highest BCUT2D eigenvalue weighted by atomic mass is 32.1. The van der Waals surface area contributed by atoms with Crippen LogP contribution in [0.25, 0.3) is 0 Å². The van der Waals surface area contributed by atoms with Crippen LogP contribution >= 0.6 is 11.3 Å². The van der Waals surface area contributed by atoms with E-state index < -0.39 is 5.92 Å². The van der Waals surface area contributed by atoms with E-state index in [1.807, 2.05) is 83.8 Å². The maximum Gasteiger partial charge on any atom is 0.228 e. The molecular weight excluding hydrogens is 444 g/mol. The molecule has 0 radical (unpaired) electrons. The number of hydrogen-bond acceptors (Lipinski definition) is 4. The minimum absolute atomic E-state index is 0.0264. The highest BCUT2D eigenvalue weighted by molar-refractivity contribution is 7.10. The molecule has 1 aliphatic heterocycles. The van der Waals surface area contributed by atoms with E-state index in [9.17, 15) is 9.59 Å². The van der Waals surface area contributed by atoms with Crippen molar-refractivity contribution in [2.24, 2.45) is 5.92 Å². The lowest BCUT2D eigenvalue weighted by molar-refractivity contribution is -0.126. The maximum atomic E-state index is 13.4. The maximum absolute atomic E-state index is 13.4. The van der Waals surface area contributed by atoms with Crippen molar-refractivity contribution in [2.45, 2.75) is 32.5 Å². The lowest BCUT2D eigenvalue weighted by Crippen LogP contribution is -2.35. The zero-order chi connectivity index (χ0) is 23.5. The van der Waals surface area contributed by atoms with E-state index in [1.54, 1.807) is 22.4 Å². The van der Waals surface area contributed by atoms with E-state index >= 15 is 0 Å². The summed E-state index contributed by atoms with van der Waals surface area (Å²) in [6.07, 6.45) is 3.87. The number of anilines is 1. The molecule has 4 aromatic rings. The van der Waals surface area contributed by atoms with Crippen LogP contribution < -0.4 is 10.2 Å². The number of nitrogens with one attached hydrogen (secondary N) is 1. The van der Waals surface area contributed by atoms with Crippen LogP contribution in [-0.4, -0.2) is 21.6 Å². The number of nitrogens with zero attached hydrogens (tertiary/aromatic N) is 3. The molecule has 1 saturated heterocycles. The standard InChI is InChI=1S/C27H26N4O2S/c1-19-9-11-22(12-10-19)31-25(32)16-23(26(31)24-8-4-15-34-24)27(33)28-17-20-6-2-3-7-21(20)18-30-14-5-13-29-30/h2-15,23,26H,16-18H2,1H3,(H,28,33). The molecule has 0 aliphatic carbocycles. The number of carbonyl (C=O) groups excluding carboxylic acids is 2. The van der Waals surface area contributed by atoms with E-state index in [0.29, 0.717) is 13.1 Å². The van der Waals surface area contributed by atoms with Crippen molar-refractivity contribution in [3.05, 3.63) is 106 Å². The molecule has 172 valence electrons. The summed E-state index contributed by atoms with van der Waals surface area (Å²) < 4.78 is 1.86. The van der Waals surface area contributed by atoms with Crippen LogP contribution in [0.3, 0.4) is 0 Å². The Hall–Kier alpha value is -3.71. The Balaban J connectivity index is 1.36. The first-order chi connectivity index (χ1) is 16.6. The summed E-state index contributed by atoms with van der Waals surface area (Å²) in [5.41, 5.74) is 4.10. The normalized spacial score (nSPS) is 17.8. The van der Waals surface area contributed by atoms with Crippen LogP contribution in [0.5, 0.6) is 0 Å². The van der Waals surface area contributed by atoms with Crippen LogP contribution in [0.4, 0.5) is 5.69 Å². The van der Waals surface area contributed by atoms with Crippen molar-refractivity contribution in [1.29, 1.82) is 0 Å². The van der Waals surface area contributed by atoms with Gasteiger partial charge in [-0.25, -0.2) is 0 Å². The number of benzene rings is 2. The van der Waals surface area contributed by atoms with Gasteiger partial charge in [-0.05, 0) is 47.7 Å². The third-order valence-electron chi connectivity index (χ3n) is 6.27. The molecule has 6 nitrogen and oxygen atoms in total. The van der Waals surface area contributed by atoms with Gasteiger partial charge in [-0.2, -0.15) is 5.10 Å². The molecule has 3 heterocycles. The Morgan fingerprint density at radius 1 is 1.06 bits per heavy atom. The highest BCUT2D eigenvalue weighted by Gasteiger charge is 2.45. The molecule has 1 N–H and O–H groups in total. The van der Waals surface area contributed by atoms with Crippen LogP contribution in [-0.2, 0) is 22.7 Å². The van der Waals surface area contributed by atoms with E-state index in [0.717, 1.165) is 27.3 Å². The summed E-state index contributed by atoms with van der Waals surface area (Å²) in [5.74, 6) is -0.581. The van der Waals surface area contributed by atoms with Crippen molar-refractivity contribution < 1.29 is 9.59 Å². The Morgan fingerprint density at radius 3 is 2.56 bits per heavy atom. The summed E-state index contributed by atoms with van der Waals surface area (Å²) in [6.45, 7) is 3.06. The van der Waals surface area contributed by atoms with Gasteiger partial charge >= 0.3 is 0 Å². The summed E-state index contributed by atoms with van der Waals surface area (Å²) in [4.78, 5) is 29.4. The van der Waals surface area contributed by atoms with Gasteiger partial charge in [-0.3, -0.25) is 14.3 Å². The molecular formula is C27H26N4O2S. The number of aromatic nitrogens is 2. The predicted octanol–water partition coefficient (Wildman–Crippen LogP) is 4.71. The van der Waals surface area contributed by atoms with Crippen LogP contribution in [0.1, 0.15) is 34.0 Å². The zero-order valence-electron chi connectivity index (χ0n) is 18.9. The Morgan fingerprint density at radius 2 is 1.85 bits per heavy atom. The van der Waals surface area contributed by atoms with Gasteiger partial charge in [0.25, 0.3) is 0 Å². The second kappa shape index (κ2) is 9.65. The molecule has 5 rings (SSSR count). The summed E-state index contributed by atoms with van der Waals surface area (Å²) in [6, 6.07) is 21.5. The summed E-state index contributed by atoms with van der Waals surface area (Å²) >= 11 is 1.58. The molecule has 7 heteroatoms. The average molecular weight is 471 g/mol. The van der Waals surface area contributed by atoms with Crippen molar-refractivity contribution in [3.8, 4) is 0 Å². The van der Waals surface area contributed by atoms with Gasteiger partial charge in [0.05, 0.1) is 18.5 Å². The number of hydrogen-bond donors (Lipinski definition) is 1. The number of thiophene rings is 1. The first-order valence-corrected chi connectivity index (χ1v) is 12.2. The van der Waals surface area contributed by atoms with E-state index in [1.165, 1.54) is 0 Å². The first kappa shape index (κ1) is 22.1. The molecule has 2 aromatic heterocycles. The molecule has 2 amide bonds. The molecule has 0 spiro atoms. The topological polar surface area (TPSA) is 67.2 Å². The lowest BCUT2D eigenvalue weighted by Gasteiger charge is -2.27. The van der Waals surface area contributed by atoms with Gasteiger partial charge in [0.1, 0.15) is 0 Å². The van der Waals surface area contributed by atoms with Crippen molar-refractivity contribution in [3.63, 3.8) is 0 Å². The lowest BCUT2D eigenvalue weighted by atomic mass is 9.97. The fourth-order valence-electron chi connectivity index (χ4n) is 4.53. The fraction of sp³-hybridized carbons (Fsp3) is 0.222. The second-order valence-electron chi connectivity index (χ2n) is 8.56. The van der Waals surface area contributed by atoms with Crippen molar-refractivity contribution >= 4 is 28.8 Å². The Bertz CT molecular complexity index is 1270. The largest absolute Gasteiger partial charge is 0.352 e. The molecule has 1 fully saturated rings. The number of rotatable bonds is 7. The fourth-order valence-corrected chi connectivity index (χ4v) is 5.41. The average Bonchev–Trinajstić information content (AvgIpc) is 3.60. The molecule has 34 heavy (non-hydrogen) atoms. The third kappa shape index (κ3) is 4.52. The molecule has 2 aromatic carbocycles. The number of amides is 2. The van der Waals surface area contributed by atoms with Gasteiger partial charge in [-0.15, -0.1) is 11.3 Å². The van der Waals surface area contributed by atoms with Gasteiger partial charge < -0.3 is 10.2 Å². The van der Waals surface area contributed by atoms with Gasteiger partial charge in [0.2, 0.25) is 11.8 Å². The minimum Gasteiger partial charge on any atom is -0.352 e. The zero-order valence-corrected chi connectivity index (χ0v) is 19.7. The third-order valence-corrected chi connectivity index (χ3v) is 7.21. The molecule has 2 atom stereocenters. The predicted molar refractivity (Wildman–Crippen MR) is 133 cm³/mol. The molecule has 0 bridgehead atoms. The molecule has 1 aliphatic rings. The van der Waals surface area contributed by atoms with E-state index in [4.69, 9.17) is 0 Å². The number of carbonyl (C=O) groups is 2. The molecule has 2 unspecified atom stereocenters. The highest BCUT2D eigenvalue weighted by Crippen LogP contribution is 2.43. The monoisotopic (exact) mass is 470 g/mol. The first-order valence-electron chi connectivity index (χ1n) is 11.3. The SMILES string of the molecule is Cc1ccc(N2C(=O)CC(C(=O)NCc3ccccc3Cn3cccn3)C2c2cccs2)cc1. The second-order valence-corrected chi connectivity index (χ2v) is 9.54. The van der Waals surface area contributed by atoms with Crippen LogP contribution in [0, 0.1) is 12.8 Å². The van der Waals surface area contributed by atoms with Crippen molar-refractivity contribution in [2.75, 3.05) is 4.90 Å². The summed E-state index contributed by atoms with van der Waals surface area (Å²) in [7, 11) is 0.